The first-order chi connectivity index (χ1) is 14.3. The first-order valence-corrected chi connectivity index (χ1v) is 11.7. The number of likely N-dealkylation sites (N-methyl/N-ethyl adjacent to an activating group) is 1. The van der Waals surface area contributed by atoms with Crippen molar-refractivity contribution in [1.29, 1.82) is 0 Å². The molecule has 0 aliphatic rings. The topological polar surface area (TPSA) is 95.6 Å². The summed E-state index contributed by atoms with van der Waals surface area (Å²) in [7, 11) is -3.71. The molecule has 0 radical (unpaired) electrons. The Morgan fingerprint density at radius 3 is 2.03 bits per heavy atom. The van der Waals surface area contributed by atoms with Gasteiger partial charge in [0, 0.05) is 17.6 Å². The van der Waals surface area contributed by atoms with Gasteiger partial charge in [0.2, 0.25) is 15.9 Å². The number of carbonyl (C=O) groups excluding carboxylic acids is 2. The van der Waals surface area contributed by atoms with Crippen LogP contribution in [0, 0.1) is 0 Å². The van der Waals surface area contributed by atoms with E-state index in [-0.39, 0.29) is 39.3 Å². The molecule has 2 aromatic rings. The second kappa shape index (κ2) is 9.99. The maximum absolute atomic E-state index is 12.8. The Hall–Kier alpha value is -2.13. The van der Waals surface area contributed by atoms with Gasteiger partial charge in [-0.1, -0.05) is 29.3 Å². The molecule has 2 N–H and O–H groups in total. The van der Waals surface area contributed by atoms with Gasteiger partial charge in [0.1, 0.15) is 6.54 Å². The Bertz CT molecular complexity index is 1040. The molecule has 0 aliphatic heterocycles. The molecule has 10 heteroatoms. The minimum Gasteiger partial charge on any atom is -0.330 e. The average molecular weight is 486 g/mol. The number of hydrogen-bond acceptors (Lipinski definition) is 4. The third-order valence-corrected chi connectivity index (χ3v) is 6.49. The minimum atomic E-state index is -3.71. The Labute approximate surface area is 192 Å². The molecule has 2 aromatic carbocycles. The van der Waals surface area contributed by atoms with Crippen LogP contribution in [0.2, 0.25) is 10.0 Å². The lowest BCUT2D eigenvalue weighted by Crippen LogP contribution is -2.40. The summed E-state index contributed by atoms with van der Waals surface area (Å²) in [5.41, 5.74) is -0.0927. The van der Waals surface area contributed by atoms with E-state index in [1.807, 2.05) is 0 Å². The molecule has 0 aliphatic carbocycles. The maximum atomic E-state index is 12.8. The SMILES string of the molecule is CCN(CC(=O)Nc1c(Cl)cccc1Cl)C(=O)c1ccc(S(=O)(=O)NC(C)(C)C)cc1. The van der Waals surface area contributed by atoms with Crippen molar-refractivity contribution >= 4 is 50.7 Å². The number of nitrogens with zero attached hydrogens (tertiary/aromatic N) is 1. The summed E-state index contributed by atoms with van der Waals surface area (Å²) in [6.07, 6.45) is 0. The van der Waals surface area contributed by atoms with E-state index < -0.39 is 27.4 Å². The van der Waals surface area contributed by atoms with Crippen molar-refractivity contribution in [3.63, 3.8) is 0 Å². The summed E-state index contributed by atoms with van der Waals surface area (Å²) in [6, 6.07) is 10.4. The molecule has 168 valence electrons. The van der Waals surface area contributed by atoms with E-state index in [4.69, 9.17) is 23.2 Å². The summed E-state index contributed by atoms with van der Waals surface area (Å²) >= 11 is 12.1. The van der Waals surface area contributed by atoms with Gasteiger partial charge < -0.3 is 10.2 Å². The number of para-hydroxylation sites is 1. The molecule has 0 spiro atoms. The molecule has 0 unspecified atom stereocenters. The zero-order valence-corrected chi connectivity index (χ0v) is 20.0. The van der Waals surface area contributed by atoms with Crippen LogP contribution in [-0.4, -0.2) is 43.8 Å². The molecule has 0 heterocycles. The lowest BCUT2D eigenvalue weighted by Gasteiger charge is -2.22. The van der Waals surface area contributed by atoms with Crippen LogP contribution in [0.1, 0.15) is 38.1 Å². The summed E-state index contributed by atoms with van der Waals surface area (Å²) in [4.78, 5) is 26.6. The Kier molecular flexibility index (Phi) is 8.10. The maximum Gasteiger partial charge on any atom is 0.254 e. The van der Waals surface area contributed by atoms with Crippen molar-refractivity contribution in [2.24, 2.45) is 0 Å². The number of nitrogens with one attached hydrogen (secondary N) is 2. The summed E-state index contributed by atoms with van der Waals surface area (Å²) in [5.74, 6) is -0.866. The number of halogens is 2. The predicted molar refractivity (Wildman–Crippen MR) is 123 cm³/mol. The number of anilines is 1. The Morgan fingerprint density at radius 1 is 1.00 bits per heavy atom. The minimum absolute atomic E-state index is 0.0492. The van der Waals surface area contributed by atoms with Gasteiger partial charge in [-0.05, 0) is 64.1 Å². The van der Waals surface area contributed by atoms with Crippen LogP contribution < -0.4 is 10.0 Å². The van der Waals surface area contributed by atoms with Crippen LogP contribution in [0.4, 0.5) is 5.69 Å². The Balaban J connectivity index is 2.12. The number of rotatable bonds is 7. The van der Waals surface area contributed by atoms with Crippen molar-refractivity contribution in [2.75, 3.05) is 18.4 Å². The summed E-state index contributed by atoms with van der Waals surface area (Å²) in [6.45, 7) is 7.00. The van der Waals surface area contributed by atoms with E-state index in [2.05, 4.69) is 10.0 Å². The summed E-state index contributed by atoms with van der Waals surface area (Å²) in [5, 5.41) is 3.19. The third-order valence-electron chi connectivity index (χ3n) is 4.08. The molecule has 7 nitrogen and oxygen atoms in total. The molecular weight excluding hydrogens is 461 g/mol. The number of sulfonamides is 1. The second-order valence-electron chi connectivity index (χ2n) is 7.84. The van der Waals surface area contributed by atoms with Gasteiger partial charge in [-0.3, -0.25) is 9.59 Å². The zero-order chi connectivity index (χ0) is 23.4. The van der Waals surface area contributed by atoms with Crippen molar-refractivity contribution in [2.45, 2.75) is 38.1 Å². The number of benzene rings is 2. The van der Waals surface area contributed by atoms with Crippen LogP contribution in [-0.2, 0) is 14.8 Å². The molecule has 2 amide bonds. The van der Waals surface area contributed by atoms with E-state index in [1.54, 1.807) is 45.9 Å². The van der Waals surface area contributed by atoms with E-state index in [0.29, 0.717) is 0 Å². The first-order valence-electron chi connectivity index (χ1n) is 9.51. The number of amides is 2. The first kappa shape index (κ1) is 25.1. The van der Waals surface area contributed by atoms with E-state index in [9.17, 15) is 18.0 Å². The van der Waals surface area contributed by atoms with Gasteiger partial charge >= 0.3 is 0 Å². The van der Waals surface area contributed by atoms with Gasteiger partial charge in [0.25, 0.3) is 5.91 Å². The van der Waals surface area contributed by atoms with E-state index in [0.717, 1.165) is 0 Å². The van der Waals surface area contributed by atoms with Gasteiger partial charge in [0.05, 0.1) is 20.6 Å². The van der Waals surface area contributed by atoms with Crippen LogP contribution in [0.15, 0.2) is 47.4 Å². The molecule has 31 heavy (non-hydrogen) atoms. The molecule has 0 saturated heterocycles. The lowest BCUT2D eigenvalue weighted by atomic mass is 10.1. The van der Waals surface area contributed by atoms with Crippen molar-refractivity contribution in [3.8, 4) is 0 Å². The van der Waals surface area contributed by atoms with Gasteiger partial charge in [-0.2, -0.15) is 0 Å². The monoisotopic (exact) mass is 485 g/mol. The fourth-order valence-electron chi connectivity index (χ4n) is 2.72. The predicted octanol–water partition coefficient (Wildman–Crippen LogP) is 4.17. The quantitative estimate of drug-likeness (QED) is 0.614. The van der Waals surface area contributed by atoms with Crippen molar-refractivity contribution in [3.05, 3.63) is 58.1 Å². The second-order valence-corrected chi connectivity index (χ2v) is 10.3. The average Bonchev–Trinajstić information content (AvgIpc) is 2.67. The highest BCUT2D eigenvalue weighted by Gasteiger charge is 2.23. The fourth-order valence-corrected chi connectivity index (χ4v) is 4.63. The van der Waals surface area contributed by atoms with Gasteiger partial charge in [0.15, 0.2) is 0 Å². The molecule has 0 aromatic heterocycles. The highest BCUT2D eigenvalue weighted by molar-refractivity contribution is 7.89. The zero-order valence-electron chi connectivity index (χ0n) is 17.7. The van der Waals surface area contributed by atoms with E-state index in [1.165, 1.54) is 29.2 Å². The molecular formula is C21H25Cl2N3O4S. The van der Waals surface area contributed by atoms with Crippen LogP contribution in [0.25, 0.3) is 0 Å². The fraction of sp³-hybridized carbons (Fsp3) is 0.333. The molecule has 0 atom stereocenters. The normalized spacial score (nSPS) is 11.8. The van der Waals surface area contributed by atoms with E-state index >= 15 is 0 Å². The number of carbonyl (C=O) groups is 2. The third kappa shape index (κ3) is 6.93. The lowest BCUT2D eigenvalue weighted by molar-refractivity contribution is -0.116. The standard InChI is InChI=1S/C21H25Cl2N3O4S/c1-5-26(13-18(27)24-19-16(22)7-6-8-17(19)23)20(28)14-9-11-15(12-10-14)31(29,30)25-21(2,3)4/h6-12,25H,5,13H2,1-4H3,(H,24,27). The van der Waals surface area contributed by atoms with Crippen LogP contribution in [0.5, 0.6) is 0 Å². The molecule has 0 bridgehead atoms. The Morgan fingerprint density at radius 2 is 1.55 bits per heavy atom. The largest absolute Gasteiger partial charge is 0.330 e. The van der Waals surface area contributed by atoms with Crippen LogP contribution in [0.3, 0.4) is 0 Å². The molecule has 0 saturated carbocycles. The van der Waals surface area contributed by atoms with Gasteiger partial charge in [-0.25, -0.2) is 13.1 Å². The smallest absolute Gasteiger partial charge is 0.254 e. The molecule has 2 rings (SSSR count). The highest BCUT2D eigenvalue weighted by atomic mass is 35.5. The number of hydrogen-bond donors (Lipinski definition) is 2. The van der Waals surface area contributed by atoms with Crippen LogP contribution >= 0.6 is 23.2 Å². The summed E-state index contributed by atoms with van der Waals surface area (Å²) < 4.78 is 27.4. The van der Waals surface area contributed by atoms with Crippen molar-refractivity contribution in [1.82, 2.24) is 9.62 Å². The van der Waals surface area contributed by atoms with Gasteiger partial charge in [-0.15, -0.1) is 0 Å². The molecule has 0 fully saturated rings. The van der Waals surface area contributed by atoms with Crippen molar-refractivity contribution < 1.29 is 18.0 Å². The highest BCUT2D eigenvalue weighted by Crippen LogP contribution is 2.29.